The van der Waals surface area contributed by atoms with E-state index < -0.39 is 5.91 Å². The van der Waals surface area contributed by atoms with Gasteiger partial charge in [-0.15, -0.1) is 0 Å². The third-order valence-corrected chi connectivity index (χ3v) is 3.44. The van der Waals surface area contributed by atoms with Gasteiger partial charge in [0.2, 0.25) is 0 Å². The van der Waals surface area contributed by atoms with E-state index in [0.29, 0.717) is 17.3 Å². The molecule has 0 bridgehead atoms. The predicted molar refractivity (Wildman–Crippen MR) is 93.0 cm³/mol. The van der Waals surface area contributed by atoms with E-state index in [1.807, 2.05) is 30.3 Å². The number of halogens is 1. The number of aliphatic hydroxyl groups is 1. The summed E-state index contributed by atoms with van der Waals surface area (Å²) in [4.78, 5) is 12.1. The van der Waals surface area contributed by atoms with Crippen molar-refractivity contribution in [2.24, 2.45) is 0 Å². The van der Waals surface area contributed by atoms with Gasteiger partial charge in [-0.1, -0.05) is 41.9 Å². The van der Waals surface area contributed by atoms with E-state index in [2.05, 4.69) is 10.6 Å². The lowest BCUT2D eigenvalue weighted by Crippen LogP contribution is -2.16. The Morgan fingerprint density at radius 2 is 1.92 bits per heavy atom. The van der Waals surface area contributed by atoms with Gasteiger partial charge in [0.1, 0.15) is 11.6 Å². The van der Waals surface area contributed by atoms with Crippen LogP contribution in [0.2, 0.25) is 5.02 Å². The van der Waals surface area contributed by atoms with Gasteiger partial charge in [0.25, 0.3) is 5.91 Å². The van der Waals surface area contributed by atoms with E-state index in [9.17, 15) is 4.79 Å². The van der Waals surface area contributed by atoms with Crippen LogP contribution in [0.15, 0.2) is 60.3 Å². The fourth-order valence-corrected chi connectivity index (χ4v) is 2.14. The second kappa shape index (κ2) is 8.73. The summed E-state index contributed by atoms with van der Waals surface area (Å²) in [6, 6.07) is 15.9. The molecule has 2 aromatic carbocycles. The van der Waals surface area contributed by atoms with Gasteiger partial charge in [-0.2, -0.15) is 5.26 Å². The number of hydrogen-bond acceptors (Lipinski definition) is 4. The van der Waals surface area contributed by atoms with E-state index in [0.717, 1.165) is 11.1 Å². The lowest BCUT2D eigenvalue weighted by atomic mass is 10.1. The zero-order valence-electron chi connectivity index (χ0n) is 12.8. The smallest absolute Gasteiger partial charge is 0.267 e. The van der Waals surface area contributed by atoms with Crippen LogP contribution in [-0.4, -0.2) is 11.0 Å². The number of benzene rings is 2. The zero-order chi connectivity index (χ0) is 17.4. The minimum atomic E-state index is -0.511. The molecule has 0 aromatic heterocycles. The number of carbonyl (C=O) groups is 1. The van der Waals surface area contributed by atoms with Crippen molar-refractivity contribution in [3.8, 4) is 6.07 Å². The average molecular weight is 342 g/mol. The number of hydrogen-bond donors (Lipinski definition) is 3. The molecule has 6 heteroatoms. The molecule has 5 nitrogen and oxygen atoms in total. The second-order valence-electron chi connectivity index (χ2n) is 4.99. The topological polar surface area (TPSA) is 85.2 Å². The third-order valence-electron chi connectivity index (χ3n) is 3.21. The first-order chi connectivity index (χ1) is 11.6. The van der Waals surface area contributed by atoms with Crippen molar-refractivity contribution in [1.29, 1.82) is 5.26 Å². The molecule has 0 spiro atoms. The molecule has 0 aliphatic carbocycles. The van der Waals surface area contributed by atoms with Crippen molar-refractivity contribution in [1.82, 2.24) is 5.32 Å². The van der Waals surface area contributed by atoms with Crippen LogP contribution in [0.1, 0.15) is 11.1 Å². The Morgan fingerprint density at radius 1 is 1.21 bits per heavy atom. The van der Waals surface area contributed by atoms with Crippen molar-refractivity contribution < 1.29 is 9.90 Å². The highest BCUT2D eigenvalue weighted by Crippen LogP contribution is 2.15. The molecule has 0 saturated heterocycles. The van der Waals surface area contributed by atoms with Crippen molar-refractivity contribution in [2.75, 3.05) is 5.32 Å². The quantitative estimate of drug-likeness (QED) is 0.557. The Hall–Kier alpha value is -2.81. The number of nitrogens with one attached hydrogen (secondary N) is 2. The maximum absolute atomic E-state index is 12.1. The van der Waals surface area contributed by atoms with Gasteiger partial charge in [-0.05, 0) is 29.3 Å². The fraction of sp³-hybridized carbons (Fsp3) is 0.111. The van der Waals surface area contributed by atoms with E-state index in [1.54, 1.807) is 24.3 Å². The molecule has 0 unspecified atom stereocenters. The molecular weight excluding hydrogens is 326 g/mol. The fourth-order valence-electron chi connectivity index (χ4n) is 1.95. The van der Waals surface area contributed by atoms with Crippen LogP contribution < -0.4 is 10.6 Å². The van der Waals surface area contributed by atoms with Crippen LogP contribution in [0.25, 0.3) is 0 Å². The normalized spacial score (nSPS) is 10.8. The lowest BCUT2D eigenvalue weighted by molar-refractivity contribution is -0.112. The number of aliphatic hydroxyl groups excluding tert-OH is 1. The monoisotopic (exact) mass is 341 g/mol. The van der Waals surface area contributed by atoms with Crippen molar-refractivity contribution in [2.45, 2.75) is 13.2 Å². The number of nitrogens with zero attached hydrogens (tertiary/aromatic N) is 1. The molecule has 0 saturated carbocycles. The first-order valence-electron chi connectivity index (χ1n) is 7.21. The van der Waals surface area contributed by atoms with Gasteiger partial charge in [0, 0.05) is 23.5 Å². The van der Waals surface area contributed by atoms with Gasteiger partial charge in [-0.3, -0.25) is 4.79 Å². The molecule has 0 fully saturated rings. The average Bonchev–Trinajstić information content (AvgIpc) is 2.59. The van der Waals surface area contributed by atoms with E-state index in [4.69, 9.17) is 22.0 Å². The molecule has 0 aliphatic heterocycles. The summed E-state index contributed by atoms with van der Waals surface area (Å²) in [6.45, 7) is 0.456. The summed E-state index contributed by atoms with van der Waals surface area (Å²) in [6.07, 6.45) is 1.37. The van der Waals surface area contributed by atoms with Gasteiger partial charge in [0.05, 0.1) is 6.61 Å². The Morgan fingerprint density at radius 3 is 2.54 bits per heavy atom. The molecular formula is C18H16ClN3O2. The Balaban J connectivity index is 1.95. The molecule has 2 rings (SSSR count). The summed E-state index contributed by atoms with van der Waals surface area (Å²) >= 11 is 5.86. The van der Waals surface area contributed by atoms with Crippen LogP contribution >= 0.6 is 11.6 Å². The summed E-state index contributed by atoms with van der Waals surface area (Å²) in [5.74, 6) is -0.511. The first-order valence-corrected chi connectivity index (χ1v) is 7.59. The SMILES string of the molecule is N#C/C(=C/NCc1ccc(CO)cc1)C(=O)Nc1cccc(Cl)c1. The number of carbonyl (C=O) groups excluding carboxylic acids is 1. The van der Waals surface area contributed by atoms with Crippen LogP contribution in [-0.2, 0) is 17.9 Å². The minimum absolute atomic E-state index is 0.00410. The minimum Gasteiger partial charge on any atom is -0.392 e. The second-order valence-corrected chi connectivity index (χ2v) is 5.43. The molecule has 0 heterocycles. The van der Waals surface area contributed by atoms with E-state index in [-0.39, 0.29) is 12.2 Å². The molecule has 3 N–H and O–H groups in total. The maximum Gasteiger partial charge on any atom is 0.267 e. The zero-order valence-corrected chi connectivity index (χ0v) is 13.5. The van der Waals surface area contributed by atoms with Gasteiger partial charge in [-0.25, -0.2) is 0 Å². The number of anilines is 1. The largest absolute Gasteiger partial charge is 0.392 e. The predicted octanol–water partition coefficient (Wildman–Crippen LogP) is 2.97. The van der Waals surface area contributed by atoms with Crippen LogP contribution in [0.5, 0.6) is 0 Å². The van der Waals surface area contributed by atoms with Crippen molar-refractivity contribution >= 4 is 23.2 Å². The van der Waals surface area contributed by atoms with Crippen molar-refractivity contribution in [3.05, 3.63) is 76.5 Å². The van der Waals surface area contributed by atoms with Crippen LogP contribution in [0.3, 0.4) is 0 Å². The van der Waals surface area contributed by atoms with Gasteiger partial charge >= 0.3 is 0 Å². The van der Waals surface area contributed by atoms with Gasteiger partial charge < -0.3 is 15.7 Å². The van der Waals surface area contributed by atoms with Crippen LogP contribution in [0, 0.1) is 11.3 Å². The van der Waals surface area contributed by atoms with E-state index >= 15 is 0 Å². The molecule has 0 radical (unpaired) electrons. The molecule has 24 heavy (non-hydrogen) atoms. The lowest BCUT2D eigenvalue weighted by Gasteiger charge is -2.06. The Labute approximate surface area is 145 Å². The third kappa shape index (κ3) is 5.13. The molecule has 0 atom stereocenters. The molecule has 122 valence electrons. The highest BCUT2D eigenvalue weighted by Gasteiger charge is 2.09. The summed E-state index contributed by atoms with van der Waals surface area (Å²) in [7, 11) is 0. The summed E-state index contributed by atoms with van der Waals surface area (Å²) in [5, 5.41) is 24.2. The Kier molecular flexibility index (Phi) is 6.38. The van der Waals surface area contributed by atoms with Gasteiger partial charge in [0.15, 0.2) is 0 Å². The highest BCUT2D eigenvalue weighted by molar-refractivity contribution is 6.31. The molecule has 1 amide bonds. The first kappa shape index (κ1) is 17.5. The van der Waals surface area contributed by atoms with E-state index in [1.165, 1.54) is 6.20 Å². The highest BCUT2D eigenvalue weighted by atomic mass is 35.5. The number of amides is 1. The number of nitriles is 1. The molecule has 0 aliphatic rings. The molecule has 2 aromatic rings. The Bertz CT molecular complexity index is 780. The van der Waals surface area contributed by atoms with Crippen molar-refractivity contribution in [3.63, 3.8) is 0 Å². The standard InChI is InChI=1S/C18H16ClN3O2/c19-16-2-1-3-17(8-16)22-18(24)15(9-20)11-21-10-13-4-6-14(12-23)7-5-13/h1-8,11,21,23H,10,12H2,(H,22,24)/b15-11-. The number of rotatable bonds is 6. The van der Waals surface area contributed by atoms with Crippen LogP contribution in [0.4, 0.5) is 5.69 Å². The summed E-state index contributed by atoms with van der Waals surface area (Å²) < 4.78 is 0. The summed E-state index contributed by atoms with van der Waals surface area (Å²) in [5.41, 5.74) is 2.28. The maximum atomic E-state index is 12.1.